The van der Waals surface area contributed by atoms with Crippen LogP contribution in [0, 0.1) is 5.41 Å². The number of hydrogen-bond donors (Lipinski definition) is 1. The predicted octanol–water partition coefficient (Wildman–Crippen LogP) is 3.44. The largest absolute Gasteiger partial charge is 0.493 e. The van der Waals surface area contributed by atoms with Crippen molar-refractivity contribution >= 4 is 27.1 Å². The van der Waals surface area contributed by atoms with Gasteiger partial charge in [0.2, 0.25) is 5.91 Å². The van der Waals surface area contributed by atoms with Gasteiger partial charge in [0.15, 0.2) is 21.3 Å². The quantitative estimate of drug-likeness (QED) is 0.755. The van der Waals surface area contributed by atoms with Crippen LogP contribution in [0.2, 0.25) is 0 Å². The third-order valence-electron chi connectivity index (χ3n) is 4.06. The minimum Gasteiger partial charge on any atom is -0.493 e. The Morgan fingerprint density at radius 2 is 1.81 bits per heavy atom. The van der Waals surface area contributed by atoms with E-state index in [1.807, 2.05) is 0 Å². The molecule has 2 aromatic rings. The van der Waals surface area contributed by atoms with Gasteiger partial charge in [-0.1, -0.05) is 32.9 Å². The SMILES string of the molecule is COc1ccc([C@H](CNC(=O)C(C)(C)C)S(=O)(=O)c2cccs2)cc1OC. The summed E-state index contributed by atoms with van der Waals surface area (Å²) in [6.07, 6.45) is 0. The van der Waals surface area contributed by atoms with Crippen molar-refractivity contribution in [1.82, 2.24) is 5.32 Å². The second-order valence-corrected chi connectivity index (χ2v) is 10.3. The summed E-state index contributed by atoms with van der Waals surface area (Å²) in [5.41, 5.74) is -0.0928. The number of nitrogens with one attached hydrogen (secondary N) is 1. The van der Waals surface area contributed by atoms with Gasteiger partial charge in [0.25, 0.3) is 0 Å². The van der Waals surface area contributed by atoms with Crippen LogP contribution in [0.1, 0.15) is 31.6 Å². The van der Waals surface area contributed by atoms with Crippen molar-refractivity contribution < 1.29 is 22.7 Å². The van der Waals surface area contributed by atoms with Gasteiger partial charge < -0.3 is 14.8 Å². The molecule has 0 saturated carbocycles. The van der Waals surface area contributed by atoms with E-state index in [1.54, 1.807) is 56.5 Å². The number of sulfone groups is 1. The molecule has 1 amide bonds. The predicted molar refractivity (Wildman–Crippen MR) is 106 cm³/mol. The van der Waals surface area contributed by atoms with Gasteiger partial charge in [-0.2, -0.15) is 0 Å². The molecule has 0 fully saturated rings. The fraction of sp³-hybridized carbons (Fsp3) is 0.421. The molecule has 0 aliphatic heterocycles. The highest BCUT2D eigenvalue weighted by molar-refractivity contribution is 7.93. The Bertz CT molecular complexity index is 883. The summed E-state index contributed by atoms with van der Waals surface area (Å²) in [6.45, 7) is 5.30. The molecule has 0 aliphatic carbocycles. The van der Waals surface area contributed by atoms with Crippen LogP contribution >= 0.6 is 11.3 Å². The van der Waals surface area contributed by atoms with E-state index < -0.39 is 20.5 Å². The summed E-state index contributed by atoms with van der Waals surface area (Å²) in [6, 6.07) is 8.24. The van der Waals surface area contributed by atoms with Crippen molar-refractivity contribution in [2.24, 2.45) is 5.41 Å². The summed E-state index contributed by atoms with van der Waals surface area (Å²) in [4.78, 5) is 12.3. The van der Waals surface area contributed by atoms with Gasteiger partial charge in [-0.05, 0) is 29.1 Å². The van der Waals surface area contributed by atoms with Gasteiger partial charge in [-0.25, -0.2) is 8.42 Å². The molecular formula is C19H25NO5S2. The van der Waals surface area contributed by atoms with Crippen LogP contribution in [0.15, 0.2) is 39.9 Å². The topological polar surface area (TPSA) is 81.7 Å². The highest BCUT2D eigenvalue weighted by Gasteiger charge is 2.32. The fourth-order valence-electron chi connectivity index (χ4n) is 2.48. The number of carbonyl (C=O) groups excluding carboxylic acids is 1. The molecule has 1 N–H and O–H groups in total. The zero-order valence-electron chi connectivity index (χ0n) is 16.1. The van der Waals surface area contributed by atoms with E-state index in [9.17, 15) is 13.2 Å². The number of rotatable bonds is 7. The van der Waals surface area contributed by atoms with Gasteiger partial charge >= 0.3 is 0 Å². The first-order valence-corrected chi connectivity index (χ1v) is 10.8. The van der Waals surface area contributed by atoms with Gasteiger partial charge in [0.05, 0.1) is 14.2 Å². The van der Waals surface area contributed by atoms with Crippen molar-refractivity contribution in [2.45, 2.75) is 30.2 Å². The average Bonchev–Trinajstić information content (AvgIpc) is 3.16. The number of carbonyl (C=O) groups is 1. The molecule has 1 aromatic carbocycles. The van der Waals surface area contributed by atoms with E-state index in [0.717, 1.165) is 11.3 Å². The van der Waals surface area contributed by atoms with E-state index in [4.69, 9.17) is 9.47 Å². The summed E-state index contributed by atoms with van der Waals surface area (Å²) >= 11 is 1.15. The smallest absolute Gasteiger partial charge is 0.225 e. The van der Waals surface area contributed by atoms with E-state index in [0.29, 0.717) is 17.1 Å². The molecule has 2 rings (SSSR count). The Kier molecular flexibility index (Phi) is 6.54. The Balaban J connectivity index is 2.46. The van der Waals surface area contributed by atoms with Crippen molar-refractivity contribution in [3.8, 4) is 11.5 Å². The van der Waals surface area contributed by atoms with Crippen molar-refractivity contribution in [1.29, 1.82) is 0 Å². The maximum Gasteiger partial charge on any atom is 0.225 e. The molecule has 148 valence electrons. The van der Waals surface area contributed by atoms with Crippen LogP contribution in [0.4, 0.5) is 0 Å². The molecule has 6 nitrogen and oxygen atoms in total. The summed E-state index contributed by atoms with van der Waals surface area (Å²) < 4.78 is 37.2. The van der Waals surface area contributed by atoms with E-state index >= 15 is 0 Å². The average molecular weight is 412 g/mol. The first-order valence-electron chi connectivity index (χ1n) is 8.39. The van der Waals surface area contributed by atoms with Crippen LogP contribution in [0.5, 0.6) is 11.5 Å². The Morgan fingerprint density at radius 1 is 1.15 bits per heavy atom. The zero-order chi connectivity index (χ0) is 20.2. The number of thiophene rings is 1. The first-order chi connectivity index (χ1) is 12.6. The Morgan fingerprint density at radius 3 is 2.33 bits per heavy atom. The molecular weight excluding hydrogens is 386 g/mol. The highest BCUT2D eigenvalue weighted by atomic mass is 32.2. The lowest BCUT2D eigenvalue weighted by molar-refractivity contribution is -0.128. The normalized spacial score (nSPS) is 13.1. The van der Waals surface area contributed by atoms with E-state index in [1.165, 1.54) is 14.2 Å². The monoisotopic (exact) mass is 411 g/mol. The second-order valence-electron chi connectivity index (χ2n) is 7.04. The van der Waals surface area contributed by atoms with Crippen LogP contribution in [-0.4, -0.2) is 35.1 Å². The van der Waals surface area contributed by atoms with Crippen LogP contribution in [0.25, 0.3) is 0 Å². The molecule has 0 saturated heterocycles. The van der Waals surface area contributed by atoms with E-state index in [2.05, 4.69) is 5.32 Å². The first kappa shape index (κ1) is 21.2. The van der Waals surface area contributed by atoms with Crippen molar-refractivity contribution in [3.05, 3.63) is 41.3 Å². The third-order valence-corrected chi connectivity index (χ3v) is 7.59. The number of methoxy groups -OCH3 is 2. The van der Waals surface area contributed by atoms with Crippen LogP contribution in [-0.2, 0) is 14.6 Å². The van der Waals surface area contributed by atoms with Crippen molar-refractivity contribution in [2.75, 3.05) is 20.8 Å². The third kappa shape index (κ3) is 4.81. The van der Waals surface area contributed by atoms with E-state index in [-0.39, 0.29) is 16.7 Å². The molecule has 0 bridgehead atoms. The van der Waals surface area contributed by atoms with Crippen LogP contribution in [0.3, 0.4) is 0 Å². The molecule has 0 radical (unpaired) electrons. The maximum atomic E-state index is 13.2. The fourth-order valence-corrected chi connectivity index (χ4v) is 5.33. The molecule has 1 aromatic heterocycles. The van der Waals surface area contributed by atoms with Gasteiger partial charge in [-0.15, -0.1) is 11.3 Å². The molecule has 8 heteroatoms. The molecule has 1 heterocycles. The molecule has 0 unspecified atom stereocenters. The molecule has 0 aliphatic rings. The summed E-state index contributed by atoms with van der Waals surface area (Å²) in [5.74, 6) is 0.727. The number of benzene rings is 1. The number of ether oxygens (including phenoxy) is 2. The highest BCUT2D eigenvalue weighted by Crippen LogP contribution is 2.36. The lowest BCUT2D eigenvalue weighted by Crippen LogP contribution is -2.38. The zero-order valence-corrected chi connectivity index (χ0v) is 17.7. The minimum absolute atomic E-state index is 0.0359. The lowest BCUT2D eigenvalue weighted by Gasteiger charge is -2.23. The van der Waals surface area contributed by atoms with Gasteiger partial charge in [-0.3, -0.25) is 4.79 Å². The summed E-state index contributed by atoms with van der Waals surface area (Å²) in [7, 11) is -0.682. The van der Waals surface area contributed by atoms with Crippen molar-refractivity contribution in [3.63, 3.8) is 0 Å². The van der Waals surface area contributed by atoms with Gasteiger partial charge in [0, 0.05) is 12.0 Å². The molecule has 0 spiro atoms. The molecule has 27 heavy (non-hydrogen) atoms. The number of hydrogen-bond acceptors (Lipinski definition) is 6. The Hall–Kier alpha value is -2.06. The van der Waals surface area contributed by atoms with Crippen LogP contribution < -0.4 is 14.8 Å². The molecule has 1 atom stereocenters. The van der Waals surface area contributed by atoms with Gasteiger partial charge in [0.1, 0.15) is 9.46 Å². The minimum atomic E-state index is -3.69. The maximum absolute atomic E-state index is 13.2. The summed E-state index contributed by atoms with van der Waals surface area (Å²) in [5, 5.41) is 3.54. The standard InChI is InChI=1S/C19H25NO5S2/c1-19(2,3)18(21)20-12-16(27(22,23)17-7-6-10-26-17)13-8-9-14(24-4)15(11-13)25-5/h6-11,16H,12H2,1-5H3,(H,20,21)/t16-/m0/s1. The Labute approximate surface area is 164 Å². The lowest BCUT2D eigenvalue weighted by atomic mass is 9.95. The second kappa shape index (κ2) is 8.31. The number of amides is 1.